The van der Waals surface area contributed by atoms with Crippen LogP contribution in [0.25, 0.3) is 0 Å². The van der Waals surface area contributed by atoms with E-state index in [-0.39, 0.29) is 0 Å². The van der Waals surface area contributed by atoms with Crippen molar-refractivity contribution < 1.29 is 0 Å². The Balaban J connectivity index is 1.56. The summed E-state index contributed by atoms with van der Waals surface area (Å²) in [6.07, 6.45) is 8.24. The molecule has 3 nitrogen and oxygen atoms in total. The second kappa shape index (κ2) is 9.58. The van der Waals surface area contributed by atoms with Crippen molar-refractivity contribution in [3.8, 4) is 11.8 Å². The minimum Gasteiger partial charge on any atom is -0.247 e. The zero-order valence-corrected chi connectivity index (χ0v) is 15.4. The molecule has 0 aliphatic rings. The first-order valence-corrected chi connectivity index (χ1v) is 9.38. The summed E-state index contributed by atoms with van der Waals surface area (Å²) in [6.45, 7) is 2.95. The molecule has 0 saturated carbocycles. The molecule has 0 N–H and O–H groups in total. The van der Waals surface area contributed by atoms with Crippen LogP contribution in [0.15, 0.2) is 60.8 Å². The van der Waals surface area contributed by atoms with Gasteiger partial charge in [-0.1, -0.05) is 79.8 Å². The maximum absolute atomic E-state index is 4.15. The van der Waals surface area contributed by atoms with Gasteiger partial charge >= 0.3 is 0 Å². The second-order valence-electron chi connectivity index (χ2n) is 6.54. The molecular formula is C23H25N3. The Bertz CT molecular complexity index is 852. The van der Waals surface area contributed by atoms with Gasteiger partial charge in [0.05, 0.1) is 12.7 Å². The van der Waals surface area contributed by atoms with Gasteiger partial charge in [-0.2, -0.15) is 0 Å². The smallest absolute Gasteiger partial charge is 0.155 e. The van der Waals surface area contributed by atoms with Crippen molar-refractivity contribution in [2.75, 3.05) is 0 Å². The average Bonchev–Trinajstić information content (AvgIpc) is 3.13. The molecule has 0 aliphatic carbocycles. The molecule has 3 rings (SSSR count). The molecule has 0 spiro atoms. The van der Waals surface area contributed by atoms with Crippen LogP contribution in [0.1, 0.15) is 55.0 Å². The van der Waals surface area contributed by atoms with E-state index >= 15 is 0 Å². The first-order valence-electron chi connectivity index (χ1n) is 9.38. The Morgan fingerprint density at radius 2 is 1.65 bits per heavy atom. The normalized spacial score (nSPS) is 10.3. The molecule has 0 fully saturated rings. The topological polar surface area (TPSA) is 30.7 Å². The third-order valence-corrected chi connectivity index (χ3v) is 4.33. The van der Waals surface area contributed by atoms with Crippen LogP contribution in [0.4, 0.5) is 0 Å². The molecule has 0 amide bonds. The quantitative estimate of drug-likeness (QED) is 0.453. The van der Waals surface area contributed by atoms with E-state index in [1.165, 1.54) is 36.8 Å². The lowest BCUT2D eigenvalue weighted by Crippen LogP contribution is -1.99. The Kier molecular flexibility index (Phi) is 6.61. The molecule has 26 heavy (non-hydrogen) atoms. The van der Waals surface area contributed by atoms with Crippen LogP contribution in [0.5, 0.6) is 0 Å². The molecule has 2 aromatic carbocycles. The molecule has 0 saturated heterocycles. The summed E-state index contributed by atoms with van der Waals surface area (Å²) in [7, 11) is 0. The fraction of sp³-hybridized carbons (Fsp3) is 0.304. The second-order valence-corrected chi connectivity index (χ2v) is 6.54. The van der Waals surface area contributed by atoms with Crippen LogP contribution >= 0.6 is 0 Å². The highest BCUT2D eigenvalue weighted by atomic mass is 15.4. The maximum Gasteiger partial charge on any atom is 0.155 e. The number of aryl methyl sites for hydroxylation is 1. The minimum atomic E-state index is 0.699. The van der Waals surface area contributed by atoms with Gasteiger partial charge in [-0.05, 0) is 42.0 Å². The van der Waals surface area contributed by atoms with Crippen LogP contribution in [0.2, 0.25) is 0 Å². The maximum atomic E-state index is 4.15. The monoisotopic (exact) mass is 343 g/mol. The van der Waals surface area contributed by atoms with E-state index in [1.807, 2.05) is 29.1 Å². The Labute approximate surface area is 156 Å². The van der Waals surface area contributed by atoms with E-state index in [0.717, 1.165) is 12.0 Å². The Morgan fingerprint density at radius 1 is 0.846 bits per heavy atom. The van der Waals surface area contributed by atoms with Crippen molar-refractivity contribution in [2.45, 2.75) is 45.6 Å². The van der Waals surface area contributed by atoms with Crippen molar-refractivity contribution in [2.24, 2.45) is 0 Å². The van der Waals surface area contributed by atoms with E-state index in [1.54, 1.807) is 0 Å². The van der Waals surface area contributed by atoms with Gasteiger partial charge in [0.15, 0.2) is 5.69 Å². The molecule has 0 atom stereocenters. The van der Waals surface area contributed by atoms with E-state index < -0.39 is 0 Å². The fourth-order valence-electron chi connectivity index (χ4n) is 2.85. The largest absolute Gasteiger partial charge is 0.247 e. The number of hydrogen-bond acceptors (Lipinski definition) is 2. The zero-order chi connectivity index (χ0) is 18.0. The summed E-state index contributed by atoms with van der Waals surface area (Å²) in [5.74, 6) is 6.28. The van der Waals surface area contributed by atoms with Crippen molar-refractivity contribution in [3.05, 3.63) is 83.2 Å². The van der Waals surface area contributed by atoms with E-state index in [9.17, 15) is 0 Å². The third-order valence-electron chi connectivity index (χ3n) is 4.33. The van der Waals surface area contributed by atoms with E-state index in [2.05, 4.69) is 65.5 Å². The average molecular weight is 343 g/mol. The van der Waals surface area contributed by atoms with Gasteiger partial charge in [0.2, 0.25) is 0 Å². The highest BCUT2D eigenvalue weighted by Crippen LogP contribution is 2.09. The molecule has 0 unspecified atom stereocenters. The zero-order valence-electron chi connectivity index (χ0n) is 15.4. The lowest BCUT2D eigenvalue weighted by molar-refractivity contribution is 0.649. The standard InChI is InChI=1S/C23H25N3/c1-2-3-4-6-9-20-12-14-21(15-13-20)16-17-23-19-26(25-24-23)18-22-10-7-5-8-11-22/h5,7-8,10-15,19H,2-4,6,9,18H2,1H3. The number of aromatic nitrogens is 3. The van der Waals surface area contributed by atoms with Crippen LogP contribution in [0.3, 0.4) is 0 Å². The van der Waals surface area contributed by atoms with Gasteiger partial charge in [0.1, 0.15) is 0 Å². The molecule has 3 aromatic rings. The van der Waals surface area contributed by atoms with Gasteiger partial charge in [-0.25, -0.2) is 4.68 Å². The first-order chi connectivity index (χ1) is 12.8. The van der Waals surface area contributed by atoms with Crippen LogP contribution in [-0.2, 0) is 13.0 Å². The molecule has 0 aliphatic heterocycles. The van der Waals surface area contributed by atoms with Crippen LogP contribution in [-0.4, -0.2) is 15.0 Å². The van der Waals surface area contributed by atoms with Crippen LogP contribution in [0, 0.1) is 11.8 Å². The van der Waals surface area contributed by atoms with Gasteiger partial charge in [0, 0.05) is 5.56 Å². The molecule has 132 valence electrons. The predicted molar refractivity (Wildman–Crippen MR) is 106 cm³/mol. The summed E-state index contributed by atoms with van der Waals surface area (Å²) in [5.41, 5.74) is 4.30. The molecule has 0 radical (unpaired) electrons. The third kappa shape index (κ3) is 5.60. The number of rotatable bonds is 7. The SMILES string of the molecule is CCCCCCc1ccc(C#Cc2cn(Cc3ccccc3)nn2)cc1. The molecule has 1 heterocycles. The lowest BCUT2D eigenvalue weighted by Gasteiger charge is -2.01. The summed E-state index contributed by atoms with van der Waals surface area (Å²) in [6, 6.07) is 18.8. The van der Waals surface area contributed by atoms with Crippen molar-refractivity contribution >= 4 is 0 Å². The van der Waals surface area contributed by atoms with Crippen molar-refractivity contribution in [1.82, 2.24) is 15.0 Å². The molecule has 0 bridgehead atoms. The van der Waals surface area contributed by atoms with E-state index in [0.29, 0.717) is 12.2 Å². The minimum absolute atomic E-state index is 0.699. The summed E-state index contributed by atoms with van der Waals surface area (Å²) in [5, 5.41) is 8.29. The first kappa shape index (κ1) is 17.9. The highest BCUT2D eigenvalue weighted by Gasteiger charge is 1.99. The van der Waals surface area contributed by atoms with Gasteiger partial charge in [-0.3, -0.25) is 0 Å². The number of hydrogen-bond donors (Lipinski definition) is 0. The lowest BCUT2D eigenvalue weighted by atomic mass is 10.0. The number of benzene rings is 2. The number of unbranched alkanes of at least 4 members (excludes halogenated alkanes) is 3. The Hall–Kier alpha value is -2.86. The highest BCUT2D eigenvalue weighted by molar-refractivity contribution is 5.40. The molecular weight excluding hydrogens is 318 g/mol. The number of nitrogens with zero attached hydrogens (tertiary/aromatic N) is 3. The Morgan fingerprint density at radius 3 is 2.42 bits per heavy atom. The van der Waals surface area contributed by atoms with Crippen molar-refractivity contribution in [1.29, 1.82) is 0 Å². The molecule has 3 heteroatoms. The summed E-state index contributed by atoms with van der Waals surface area (Å²) < 4.78 is 1.82. The van der Waals surface area contributed by atoms with Gasteiger partial charge in [-0.15, -0.1) is 5.10 Å². The summed E-state index contributed by atoms with van der Waals surface area (Å²) in [4.78, 5) is 0. The van der Waals surface area contributed by atoms with E-state index in [4.69, 9.17) is 0 Å². The van der Waals surface area contributed by atoms with Gasteiger partial charge < -0.3 is 0 Å². The van der Waals surface area contributed by atoms with Crippen LogP contribution < -0.4 is 0 Å². The molecule has 1 aromatic heterocycles. The van der Waals surface area contributed by atoms with Gasteiger partial charge in [0.25, 0.3) is 0 Å². The predicted octanol–water partition coefficient (Wildman–Crippen LogP) is 4.85. The van der Waals surface area contributed by atoms with Crippen molar-refractivity contribution in [3.63, 3.8) is 0 Å². The fourth-order valence-corrected chi connectivity index (χ4v) is 2.85. The summed E-state index contributed by atoms with van der Waals surface area (Å²) >= 11 is 0.